The van der Waals surface area contributed by atoms with E-state index in [-0.39, 0.29) is 18.5 Å². The summed E-state index contributed by atoms with van der Waals surface area (Å²) in [5, 5.41) is 24.2. The number of hydrogen-bond acceptors (Lipinski definition) is 3. The fourth-order valence-electron chi connectivity index (χ4n) is 1.18. The summed E-state index contributed by atoms with van der Waals surface area (Å²) in [5.74, 6) is -1.06. The molecule has 0 heterocycles. The number of carbonyl (C=O) groups is 2. The maximum Gasteiger partial charge on any atom is 0.306 e. The Hall–Kier alpha value is -1.10. The van der Waals surface area contributed by atoms with Crippen LogP contribution in [0, 0.1) is 5.92 Å². The fraction of sp³-hybridized carbons (Fsp3) is 0.714. The lowest BCUT2D eigenvalue weighted by molar-refractivity contribution is -0.141. The zero-order valence-corrected chi connectivity index (χ0v) is 6.51. The van der Waals surface area contributed by atoms with Crippen molar-refractivity contribution in [3.63, 3.8) is 0 Å². The van der Waals surface area contributed by atoms with Crippen LogP contribution in [0.2, 0.25) is 0 Å². The Balaban J connectivity index is 0.000000354. The van der Waals surface area contributed by atoms with E-state index in [2.05, 4.69) is 0 Å². The maximum atomic E-state index is 10.2. The SMILES string of the molecule is O=C(O)[C@H]1CC[C@H](O)C1.O=CO. The second-order valence-corrected chi connectivity index (χ2v) is 2.61. The normalized spacial score (nSPS) is 27.1. The zero-order chi connectivity index (χ0) is 9.56. The molecule has 1 fully saturated rings. The van der Waals surface area contributed by atoms with E-state index in [4.69, 9.17) is 20.1 Å². The van der Waals surface area contributed by atoms with E-state index in [0.29, 0.717) is 19.3 Å². The van der Waals surface area contributed by atoms with Crippen molar-refractivity contribution < 1.29 is 24.9 Å². The standard InChI is InChI=1S/C6H10O3.CH2O2/c7-5-2-1-4(3-5)6(8)9;2-1-3/h4-5,7H,1-3H2,(H,8,9);1H,(H,2,3)/t4-,5-;/m0./s1. The Kier molecular flexibility index (Phi) is 5.03. The molecule has 0 unspecified atom stereocenters. The van der Waals surface area contributed by atoms with Gasteiger partial charge in [0, 0.05) is 0 Å². The molecule has 5 nitrogen and oxygen atoms in total. The van der Waals surface area contributed by atoms with Crippen molar-refractivity contribution in [2.45, 2.75) is 25.4 Å². The molecule has 0 amide bonds. The van der Waals surface area contributed by atoms with Gasteiger partial charge in [-0.3, -0.25) is 9.59 Å². The summed E-state index contributed by atoms with van der Waals surface area (Å²) in [5.41, 5.74) is 0. The smallest absolute Gasteiger partial charge is 0.306 e. The highest BCUT2D eigenvalue weighted by Crippen LogP contribution is 2.24. The topological polar surface area (TPSA) is 94.8 Å². The van der Waals surface area contributed by atoms with Crippen molar-refractivity contribution in [1.82, 2.24) is 0 Å². The van der Waals surface area contributed by atoms with E-state index >= 15 is 0 Å². The van der Waals surface area contributed by atoms with Crippen LogP contribution in [0.25, 0.3) is 0 Å². The predicted octanol–water partition coefficient (Wildman–Crippen LogP) is -0.0672. The van der Waals surface area contributed by atoms with E-state index < -0.39 is 5.97 Å². The first kappa shape index (κ1) is 10.9. The van der Waals surface area contributed by atoms with E-state index in [0.717, 1.165) is 0 Å². The molecule has 1 aliphatic carbocycles. The number of aliphatic hydroxyl groups is 1. The third kappa shape index (κ3) is 3.92. The lowest BCUT2D eigenvalue weighted by atomic mass is 10.1. The summed E-state index contributed by atoms with van der Waals surface area (Å²) < 4.78 is 0. The van der Waals surface area contributed by atoms with Gasteiger partial charge in [0.25, 0.3) is 6.47 Å². The molecule has 1 aliphatic rings. The molecule has 3 N–H and O–H groups in total. The van der Waals surface area contributed by atoms with Gasteiger partial charge in [0.1, 0.15) is 0 Å². The first-order valence-electron chi connectivity index (χ1n) is 3.60. The van der Waals surface area contributed by atoms with Crippen LogP contribution >= 0.6 is 0 Å². The van der Waals surface area contributed by atoms with Crippen molar-refractivity contribution in [3.05, 3.63) is 0 Å². The first-order valence-corrected chi connectivity index (χ1v) is 3.60. The molecule has 2 atom stereocenters. The Bertz CT molecular complexity index is 156. The molecule has 70 valence electrons. The molecule has 12 heavy (non-hydrogen) atoms. The lowest BCUT2D eigenvalue weighted by Crippen LogP contribution is -2.10. The summed E-state index contributed by atoms with van der Waals surface area (Å²) >= 11 is 0. The van der Waals surface area contributed by atoms with Gasteiger partial charge >= 0.3 is 5.97 Å². The Morgan fingerprint density at radius 2 is 1.92 bits per heavy atom. The number of aliphatic carboxylic acids is 1. The van der Waals surface area contributed by atoms with Gasteiger partial charge in [-0.25, -0.2) is 0 Å². The quantitative estimate of drug-likeness (QED) is 0.486. The third-order valence-corrected chi connectivity index (χ3v) is 1.75. The molecule has 0 radical (unpaired) electrons. The molecule has 0 aromatic heterocycles. The van der Waals surface area contributed by atoms with E-state index in [1.54, 1.807) is 0 Å². The van der Waals surface area contributed by atoms with Crippen molar-refractivity contribution >= 4 is 12.4 Å². The molecule has 0 saturated heterocycles. The Morgan fingerprint density at radius 3 is 2.08 bits per heavy atom. The van der Waals surface area contributed by atoms with Gasteiger partial charge < -0.3 is 15.3 Å². The molecular weight excluding hydrogens is 164 g/mol. The molecule has 0 bridgehead atoms. The van der Waals surface area contributed by atoms with E-state index in [1.165, 1.54) is 0 Å². The summed E-state index contributed by atoms with van der Waals surface area (Å²) in [4.78, 5) is 18.6. The molecular formula is C7H12O5. The molecule has 0 aliphatic heterocycles. The average molecular weight is 176 g/mol. The Labute approximate surface area is 69.6 Å². The van der Waals surface area contributed by atoms with Crippen LogP contribution in [-0.2, 0) is 9.59 Å². The number of rotatable bonds is 1. The van der Waals surface area contributed by atoms with Crippen molar-refractivity contribution in [2.24, 2.45) is 5.92 Å². The van der Waals surface area contributed by atoms with Crippen molar-refractivity contribution in [1.29, 1.82) is 0 Å². The monoisotopic (exact) mass is 176 g/mol. The molecule has 1 rings (SSSR count). The summed E-state index contributed by atoms with van der Waals surface area (Å²) in [6.07, 6.45) is 1.36. The highest BCUT2D eigenvalue weighted by Gasteiger charge is 2.27. The maximum absolute atomic E-state index is 10.2. The van der Waals surface area contributed by atoms with Crippen LogP contribution in [0.3, 0.4) is 0 Å². The van der Waals surface area contributed by atoms with Gasteiger partial charge in [-0.1, -0.05) is 0 Å². The number of aliphatic hydroxyl groups excluding tert-OH is 1. The van der Waals surface area contributed by atoms with Gasteiger partial charge in [-0.15, -0.1) is 0 Å². The minimum atomic E-state index is -0.772. The zero-order valence-electron chi connectivity index (χ0n) is 6.51. The van der Waals surface area contributed by atoms with Gasteiger partial charge in [-0.2, -0.15) is 0 Å². The van der Waals surface area contributed by atoms with Crippen LogP contribution in [0.5, 0.6) is 0 Å². The van der Waals surface area contributed by atoms with Crippen LogP contribution in [0.1, 0.15) is 19.3 Å². The lowest BCUT2D eigenvalue weighted by Gasteiger charge is -1.99. The van der Waals surface area contributed by atoms with E-state index in [9.17, 15) is 4.79 Å². The fourth-order valence-corrected chi connectivity index (χ4v) is 1.18. The number of carboxylic acids is 1. The largest absolute Gasteiger partial charge is 0.483 e. The average Bonchev–Trinajstić information content (AvgIpc) is 2.37. The third-order valence-electron chi connectivity index (χ3n) is 1.75. The van der Waals surface area contributed by atoms with Crippen LogP contribution in [0.4, 0.5) is 0 Å². The molecule has 0 aromatic carbocycles. The van der Waals surface area contributed by atoms with Crippen molar-refractivity contribution in [3.8, 4) is 0 Å². The highest BCUT2D eigenvalue weighted by atomic mass is 16.4. The second-order valence-electron chi connectivity index (χ2n) is 2.61. The predicted molar refractivity (Wildman–Crippen MR) is 39.7 cm³/mol. The van der Waals surface area contributed by atoms with Crippen molar-refractivity contribution in [2.75, 3.05) is 0 Å². The Morgan fingerprint density at radius 1 is 1.42 bits per heavy atom. The van der Waals surface area contributed by atoms with E-state index in [1.807, 2.05) is 0 Å². The molecule has 0 aromatic rings. The van der Waals surface area contributed by atoms with Gasteiger partial charge in [0.15, 0.2) is 0 Å². The minimum absolute atomic E-state index is 0.250. The van der Waals surface area contributed by atoms with Crippen LogP contribution in [0.15, 0.2) is 0 Å². The summed E-state index contributed by atoms with van der Waals surface area (Å²) in [6, 6.07) is 0. The molecule has 0 spiro atoms. The van der Waals surface area contributed by atoms with Crippen LogP contribution < -0.4 is 0 Å². The second kappa shape index (κ2) is 5.54. The highest BCUT2D eigenvalue weighted by molar-refractivity contribution is 5.70. The summed E-state index contributed by atoms with van der Waals surface area (Å²) in [7, 11) is 0. The van der Waals surface area contributed by atoms with Gasteiger partial charge in [0.05, 0.1) is 12.0 Å². The molecule has 1 saturated carbocycles. The number of hydrogen-bond donors (Lipinski definition) is 3. The molecule has 5 heteroatoms. The van der Waals surface area contributed by atoms with Gasteiger partial charge in [0.2, 0.25) is 0 Å². The van der Waals surface area contributed by atoms with Crippen LogP contribution in [-0.4, -0.2) is 33.9 Å². The van der Waals surface area contributed by atoms with Gasteiger partial charge in [-0.05, 0) is 19.3 Å². The number of carboxylic acid groups (broad SMARTS) is 2. The minimum Gasteiger partial charge on any atom is -0.483 e. The summed E-state index contributed by atoms with van der Waals surface area (Å²) in [6.45, 7) is -0.250. The first-order chi connectivity index (χ1) is 5.61.